The molecule has 1 aromatic carbocycles. The van der Waals surface area contributed by atoms with Gasteiger partial charge in [-0.15, -0.1) is 0 Å². The maximum atomic E-state index is 13.6. The molecule has 0 bridgehead atoms. The summed E-state index contributed by atoms with van der Waals surface area (Å²) in [6.45, 7) is 3.91. The molecule has 0 spiro atoms. The predicted molar refractivity (Wildman–Crippen MR) is 78.0 cm³/mol. The number of nitro groups is 1. The Labute approximate surface area is 123 Å². The Hall–Kier alpha value is -1.25. The molecule has 0 radical (unpaired) electrons. The van der Waals surface area contributed by atoms with Gasteiger partial charge >= 0.3 is 0 Å². The van der Waals surface area contributed by atoms with E-state index in [1.165, 1.54) is 0 Å². The van der Waals surface area contributed by atoms with E-state index in [-0.39, 0.29) is 23.2 Å². The molecule has 1 unspecified atom stereocenters. The van der Waals surface area contributed by atoms with E-state index < -0.39 is 16.6 Å². The monoisotopic (exact) mass is 380 g/mol. The molecule has 0 aromatic heterocycles. The van der Waals surface area contributed by atoms with Crippen molar-refractivity contribution < 1.29 is 14.1 Å². The van der Waals surface area contributed by atoms with Crippen LogP contribution in [0.2, 0.25) is 0 Å². The Balaban J connectivity index is 2.91. The van der Waals surface area contributed by atoms with Gasteiger partial charge in [0, 0.05) is 16.5 Å². The zero-order valence-corrected chi connectivity index (χ0v) is 12.7. The highest BCUT2D eigenvalue weighted by atomic mass is 127. The van der Waals surface area contributed by atoms with Crippen LogP contribution in [0.3, 0.4) is 0 Å². The molecule has 0 saturated heterocycles. The number of hydrogen-bond acceptors (Lipinski definition) is 3. The highest BCUT2D eigenvalue weighted by Gasteiger charge is 2.20. The van der Waals surface area contributed by atoms with Crippen LogP contribution in [0.5, 0.6) is 0 Å². The summed E-state index contributed by atoms with van der Waals surface area (Å²) in [6, 6.07) is 2.94. The van der Waals surface area contributed by atoms with Crippen LogP contribution < -0.4 is 5.32 Å². The van der Waals surface area contributed by atoms with Gasteiger partial charge in [0.05, 0.1) is 16.6 Å². The van der Waals surface area contributed by atoms with Crippen molar-refractivity contribution in [2.24, 2.45) is 5.92 Å². The molecule has 1 atom stereocenters. The zero-order valence-electron chi connectivity index (χ0n) is 10.5. The van der Waals surface area contributed by atoms with Gasteiger partial charge in [0.1, 0.15) is 5.82 Å². The highest BCUT2D eigenvalue weighted by Crippen LogP contribution is 2.17. The Kier molecular flexibility index (Phi) is 5.64. The average Bonchev–Trinajstić information content (AvgIpc) is 2.34. The molecule has 0 aliphatic heterocycles. The highest BCUT2D eigenvalue weighted by molar-refractivity contribution is 14.1. The van der Waals surface area contributed by atoms with Gasteiger partial charge in [-0.1, -0.05) is 36.4 Å². The molecule has 0 aliphatic rings. The normalized spacial score (nSPS) is 12.3. The Morgan fingerprint density at radius 1 is 1.53 bits per heavy atom. The topological polar surface area (TPSA) is 72.2 Å². The predicted octanol–water partition coefficient (Wildman–Crippen LogP) is 2.92. The Morgan fingerprint density at radius 3 is 2.58 bits per heavy atom. The van der Waals surface area contributed by atoms with Crippen molar-refractivity contribution >= 4 is 34.2 Å². The van der Waals surface area contributed by atoms with Gasteiger partial charge in [-0.05, 0) is 12.0 Å². The van der Waals surface area contributed by atoms with E-state index in [9.17, 15) is 19.3 Å². The molecule has 1 rings (SSSR count). The molecule has 0 aliphatic carbocycles. The zero-order chi connectivity index (χ0) is 14.6. The number of halogens is 2. The summed E-state index contributed by atoms with van der Waals surface area (Å²) < 4.78 is 14.4. The van der Waals surface area contributed by atoms with Crippen LogP contribution >= 0.6 is 22.6 Å². The number of nitrogens with zero attached hydrogens (tertiary/aromatic N) is 1. The van der Waals surface area contributed by atoms with E-state index in [2.05, 4.69) is 27.9 Å². The van der Waals surface area contributed by atoms with Crippen molar-refractivity contribution in [2.45, 2.75) is 19.9 Å². The number of rotatable bonds is 5. The van der Waals surface area contributed by atoms with E-state index in [1.54, 1.807) is 0 Å². The molecule has 0 saturated carbocycles. The molecule has 5 nitrogen and oxygen atoms in total. The minimum atomic E-state index is -0.886. The lowest BCUT2D eigenvalue weighted by Crippen LogP contribution is -2.40. The van der Waals surface area contributed by atoms with Crippen molar-refractivity contribution in [1.29, 1.82) is 0 Å². The first kappa shape index (κ1) is 15.8. The number of carbonyl (C=O) groups is 1. The van der Waals surface area contributed by atoms with E-state index in [4.69, 9.17) is 0 Å². The fraction of sp³-hybridized carbons (Fsp3) is 0.417. The molecule has 0 heterocycles. The van der Waals surface area contributed by atoms with Gasteiger partial charge in [0.25, 0.3) is 11.6 Å². The minimum Gasteiger partial charge on any atom is -0.348 e. The van der Waals surface area contributed by atoms with E-state index in [0.717, 1.165) is 18.2 Å². The maximum absolute atomic E-state index is 13.6. The number of carbonyl (C=O) groups excluding carboxylic acids is 1. The number of hydrogen-bond donors (Lipinski definition) is 1. The smallest absolute Gasteiger partial charge is 0.272 e. The lowest BCUT2D eigenvalue weighted by molar-refractivity contribution is -0.385. The second-order valence-electron chi connectivity index (χ2n) is 4.40. The third-order valence-corrected chi connectivity index (χ3v) is 3.64. The first-order valence-corrected chi connectivity index (χ1v) is 7.20. The molecule has 0 fully saturated rings. The lowest BCUT2D eigenvalue weighted by Gasteiger charge is -2.20. The van der Waals surface area contributed by atoms with E-state index >= 15 is 0 Å². The molecule has 1 aromatic rings. The van der Waals surface area contributed by atoms with Gasteiger partial charge in [0.15, 0.2) is 0 Å². The SMILES string of the molecule is CC(C)C(CI)NC(=O)c1ccc([N+](=O)[O-])cc1F. The van der Waals surface area contributed by atoms with Gasteiger partial charge in [-0.25, -0.2) is 4.39 Å². The molecular weight excluding hydrogens is 366 g/mol. The van der Waals surface area contributed by atoms with Gasteiger partial charge in [-0.3, -0.25) is 14.9 Å². The molecule has 19 heavy (non-hydrogen) atoms. The summed E-state index contributed by atoms with van der Waals surface area (Å²) in [5.41, 5.74) is -0.551. The molecule has 1 amide bonds. The summed E-state index contributed by atoms with van der Waals surface area (Å²) in [5.74, 6) is -1.22. The number of nitrogens with one attached hydrogen (secondary N) is 1. The quantitative estimate of drug-likeness (QED) is 0.370. The first-order chi connectivity index (χ1) is 8.86. The number of benzene rings is 1. The summed E-state index contributed by atoms with van der Waals surface area (Å²) in [7, 11) is 0. The number of alkyl halides is 1. The molecule has 1 N–H and O–H groups in total. The largest absolute Gasteiger partial charge is 0.348 e. The summed E-state index contributed by atoms with van der Waals surface area (Å²) >= 11 is 2.14. The van der Waals surface area contributed by atoms with Crippen LogP contribution in [0, 0.1) is 21.8 Å². The Morgan fingerprint density at radius 2 is 2.16 bits per heavy atom. The second-order valence-corrected chi connectivity index (χ2v) is 5.28. The average molecular weight is 380 g/mol. The fourth-order valence-electron chi connectivity index (χ4n) is 1.43. The van der Waals surface area contributed by atoms with Crippen LogP contribution in [-0.4, -0.2) is 21.3 Å². The molecule has 104 valence electrons. The molecule has 7 heteroatoms. The summed E-state index contributed by atoms with van der Waals surface area (Å²) in [5, 5.41) is 13.2. The van der Waals surface area contributed by atoms with Crippen LogP contribution in [-0.2, 0) is 0 Å². The third-order valence-electron chi connectivity index (χ3n) is 2.70. The van der Waals surface area contributed by atoms with Gasteiger partial charge < -0.3 is 5.32 Å². The summed E-state index contributed by atoms with van der Waals surface area (Å²) in [4.78, 5) is 21.7. The number of non-ortho nitro benzene ring substituents is 1. The van der Waals surface area contributed by atoms with Crippen LogP contribution in [0.25, 0.3) is 0 Å². The maximum Gasteiger partial charge on any atom is 0.272 e. The standard InChI is InChI=1S/C12H14FIN2O3/c1-7(2)11(6-14)15-12(17)9-4-3-8(16(18)19)5-10(9)13/h3-5,7,11H,6H2,1-2H3,(H,15,17). The lowest BCUT2D eigenvalue weighted by atomic mass is 10.1. The van der Waals surface area contributed by atoms with Crippen molar-refractivity contribution in [3.8, 4) is 0 Å². The van der Waals surface area contributed by atoms with Crippen molar-refractivity contribution in [1.82, 2.24) is 5.32 Å². The van der Waals surface area contributed by atoms with Gasteiger partial charge in [-0.2, -0.15) is 0 Å². The van der Waals surface area contributed by atoms with E-state index in [0.29, 0.717) is 4.43 Å². The third kappa shape index (κ3) is 4.12. The second kappa shape index (κ2) is 6.78. The Bertz CT molecular complexity index is 494. The van der Waals surface area contributed by atoms with Crippen molar-refractivity contribution in [2.75, 3.05) is 4.43 Å². The van der Waals surface area contributed by atoms with Crippen molar-refractivity contribution in [3.63, 3.8) is 0 Å². The van der Waals surface area contributed by atoms with Crippen LogP contribution in [0.4, 0.5) is 10.1 Å². The minimum absolute atomic E-state index is 0.0670. The summed E-state index contributed by atoms with van der Waals surface area (Å²) in [6.07, 6.45) is 0. The number of nitro benzene ring substituents is 1. The van der Waals surface area contributed by atoms with Gasteiger partial charge in [0.2, 0.25) is 0 Å². The van der Waals surface area contributed by atoms with Crippen LogP contribution in [0.15, 0.2) is 18.2 Å². The van der Waals surface area contributed by atoms with Crippen molar-refractivity contribution in [3.05, 3.63) is 39.7 Å². The van der Waals surface area contributed by atoms with Crippen LogP contribution in [0.1, 0.15) is 24.2 Å². The fourth-order valence-corrected chi connectivity index (χ4v) is 2.67. The number of amides is 1. The first-order valence-electron chi connectivity index (χ1n) is 5.67. The molecular formula is C12H14FIN2O3. The van der Waals surface area contributed by atoms with E-state index in [1.807, 2.05) is 13.8 Å².